The highest BCUT2D eigenvalue weighted by Gasteiger charge is 2.36. The van der Waals surface area contributed by atoms with E-state index >= 15 is 0 Å². The van der Waals surface area contributed by atoms with Gasteiger partial charge in [0.15, 0.2) is 0 Å². The second-order valence-corrected chi connectivity index (χ2v) is 10.5. The fraction of sp³-hybridized carbons (Fsp3) is 0.478. The Labute approximate surface area is 197 Å². The molecule has 0 saturated heterocycles. The van der Waals surface area contributed by atoms with Crippen LogP contribution in [0.15, 0.2) is 29.6 Å². The molecule has 1 aromatic heterocycles. The van der Waals surface area contributed by atoms with Crippen LogP contribution in [0.2, 0.25) is 10.0 Å². The molecule has 0 radical (unpaired) electrons. The average molecular weight is 483 g/mol. The summed E-state index contributed by atoms with van der Waals surface area (Å²) in [5.41, 5.74) is 1.33. The maximum atomic E-state index is 13.5. The maximum Gasteiger partial charge on any atom is 0.242 e. The first-order valence-electron chi connectivity index (χ1n) is 10.2. The van der Waals surface area contributed by atoms with Crippen molar-refractivity contribution in [2.45, 2.75) is 33.2 Å². The van der Waals surface area contributed by atoms with Crippen LogP contribution in [0.3, 0.4) is 0 Å². The Hall–Kier alpha value is -1.60. The van der Waals surface area contributed by atoms with E-state index in [4.69, 9.17) is 27.9 Å². The van der Waals surface area contributed by atoms with Gasteiger partial charge in [0.25, 0.3) is 0 Å². The van der Waals surface area contributed by atoms with Crippen LogP contribution < -0.4 is 0 Å². The van der Waals surface area contributed by atoms with Crippen molar-refractivity contribution in [1.29, 1.82) is 0 Å². The largest absolute Gasteiger partial charge is 0.383 e. The summed E-state index contributed by atoms with van der Waals surface area (Å²) in [6.45, 7) is 6.87. The summed E-state index contributed by atoms with van der Waals surface area (Å²) < 4.78 is 5.17. The van der Waals surface area contributed by atoms with Crippen LogP contribution in [0.5, 0.6) is 0 Å². The molecule has 0 aliphatic carbocycles. The summed E-state index contributed by atoms with van der Waals surface area (Å²) in [6.07, 6.45) is 0.783. The van der Waals surface area contributed by atoms with Gasteiger partial charge in [0.2, 0.25) is 11.8 Å². The van der Waals surface area contributed by atoms with Gasteiger partial charge in [-0.3, -0.25) is 9.59 Å². The van der Waals surface area contributed by atoms with Gasteiger partial charge in [-0.05, 0) is 41.1 Å². The Morgan fingerprint density at radius 1 is 1.23 bits per heavy atom. The van der Waals surface area contributed by atoms with Gasteiger partial charge in [-0.1, -0.05) is 50.0 Å². The maximum absolute atomic E-state index is 13.5. The van der Waals surface area contributed by atoms with Crippen molar-refractivity contribution in [3.63, 3.8) is 0 Å². The fourth-order valence-electron chi connectivity index (χ4n) is 3.83. The minimum atomic E-state index is -0.588. The van der Waals surface area contributed by atoms with Crippen LogP contribution >= 0.6 is 34.5 Å². The van der Waals surface area contributed by atoms with Crippen molar-refractivity contribution < 1.29 is 14.3 Å². The molecular weight excluding hydrogens is 455 g/mol. The second kappa shape index (κ2) is 9.90. The molecule has 1 aliphatic heterocycles. The number of thiophene rings is 1. The Morgan fingerprint density at radius 3 is 2.61 bits per heavy atom. The van der Waals surface area contributed by atoms with Gasteiger partial charge < -0.3 is 14.5 Å². The molecule has 1 unspecified atom stereocenters. The Kier molecular flexibility index (Phi) is 7.68. The van der Waals surface area contributed by atoms with E-state index in [2.05, 4.69) is 6.07 Å². The Morgan fingerprint density at radius 2 is 1.97 bits per heavy atom. The van der Waals surface area contributed by atoms with E-state index in [9.17, 15) is 9.59 Å². The van der Waals surface area contributed by atoms with Crippen molar-refractivity contribution in [3.8, 4) is 0 Å². The topological polar surface area (TPSA) is 49.9 Å². The standard InChI is InChI=1S/C23H28Cl2N2O3S/c1-23(2,3)22(29)26(10-11-30-4)14-20(28)27-9-7-19-17(8-12-31-19)21(27)16-6-5-15(24)13-18(16)25/h5-6,8,12-13,21H,7,9-11,14H2,1-4H3. The van der Waals surface area contributed by atoms with Gasteiger partial charge in [0.1, 0.15) is 0 Å². The van der Waals surface area contributed by atoms with E-state index in [1.165, 1.54) is 4.88 Å². The van der Waals surface area contributed by atoms with E-state index in [1.807, 2.05) is 37.1 Å². The SMILES string of the molecule is COCCN(CC(=O)N1CCc2sccc2C1c1ccc(Cl)cc1Cl)C(=O)C(C)(C)C. The smallest absolute Gasteiger partial charge is 0.242 e. The van der Waals surface area contributed by atoms with Gasteiger partial charge in [-0.25, -0.2) is 0 Å². The highest BCUT2D eigenvalue weighted by molar-refractivity contribution is 7.10. The number of amides is 2. The number of hydrogen-bond acceptors (Lipinski definition) is 4. The Balaban J connectivity index is 1.93. The minimum absolute atomic E-state index is 0.000638. The first-order valence-corrected chi connectivity index (χ1v) is 11.9. The number of hydrogen-bond donors (Lipinski definition) is 0. The number of benzene rings is 1. The van der Waals surface area contributed by atoms with E-state index in [-0.39, 0.29) is 24.4 Å². The molecule has 1 atom stereocenters. The van der Waals surface area contributed by atoms with Gasteiger partial charge in [-0.2, -0.15) is 0 Å². The summed E-state index contributed by atoms with van der Waals surface area (Å²) in [5.74, 6) is -0.186. The average Bonchev–Trinajstić information content (AvgIpc) is 3.18. The van der Waals surface area contributed by atoms with Gasteiger partial charge >= 0.3 is 0 Å². The van der Waals surface area contributed by atoms with Crippen molar-refractivity contribution in [2.24, 2.45) is 5.41 Å². The summed E-state index contributed by atoms with van der Waals surface area (Å²) in [6, 6.07) is 7.13. The molecule has 0 N–H and O–H groups in total. The molecule has 3 rings (SSSR count). The first-order chi connectivity index (χ1) is 14.6. The van der Waals surface area contributed by atoms with E-state index in [1.54, 1.807) is 35.5 Å². The van der Waals surface area contributed by atoms with Crippen LogP contribution in [0.4, 0.5) is 0 Å². The highest BCUT2D eigenvalue weighted by Crippen LogP contribution is 2.41. The highest BCUT2D eigenvalue weighted by atomic mass is 35.5. The van der Waals surface area contributed by atoms with Crippen molar-refractivity contribution in [3.05, 3.63) is 55.7 Å². The minimum Gasteiger partial charge on any atom is -0.383 e. The van der Waals surface area contributed by atoms with Gasteiger partial charge in [-0.15, -0.1) is 11.3 Å². The molecule has 2 aromatic rings. The van der Waals surface area contributed by atoms with Crippen LogP contribution in [-0.4, -0.2) is 55.0 Å². The van der Waals surface area contributed by atoms with Crippen molar-refractivity contribution in [1.82, 2.24) is 9.80 Å². The predicted octanol–water partition coefficient (Wildman–Crippen LogP) is 5.05. The van der Waals surface area contributed by atoms with Crippen molar-refractivity contribution in [2.75, 3.05) is 33.4 Å². The second-order valence-electron chi connectivity index (χ2n) is 8.67. The molecule has 1 aliphatic rings. The zero-order valence-electron chi connectivity index (χ0n) is 18.3. The van der Waals surface area contributed by atoms with Crippen LogP contribution in [0.25, 0.3) is 0 Å². The summed E-state index contributed by atoms with van der Waals surface area (Å²) >= 11 is 14.4. The number of halogens is 2. The lowest BCUT2D eigenvalue weighted by Gasteiger charge is -2.38. The molecule has 5 nitrogen and oxygen atoms in total. The molecule has 0 fully saturated rings. The van der Waals surface area contributed by atoms with E-state index in [0.29, 0.717) is 29.7 Å². The molecule has 1 aromatic carbocycles. The number of rotatable bonds is 6. The fourth-order valence-corrected chi connectivity index (χ4v) is 5.24. The van der Waals surface area contributed by atoms with Crippen LogP contribution in [0.1, 0.15) is 42.8 Å². The zero-order chi connectivity index (χ0) is 22.8. The molecule has 0 spiro atoms. The number of ether oxygens (including phenoxy) is 1. The van der Waals surface area contributed by atoms with Crippen molar-refractivity contribution >= 4 is 46.4 Å². The summed E-state index contributed by atoms with van der Waals surface area (Å²) in [5, 5.41) is 3.12. The molecule has 0 saturated carbocycles. The quantitative estimate of drug-likeness (QED) is 0.578. The van der Waals surface area contributed by atoms with Gasteiger partial charge in [0.05, 0.1) is 19.2 Å². The van der Waals surface area contributed by atoms with E-state index in [0.717, 1.165) is 17.5 Å². The molecule has 31 heavy (non-hydrogen) atoms. The third-order valence-electron chi connectivity index (χ3n) is 5.36. The van der Waals surface area contributed by atoms with E-state index < -0.39 is 5.41 Å². The predicted molar refractivity (Wildman–Crippen MR) is 126 cm³/mol. The molecule has 8 heteroatoms. The first kappa shape index (κ1) is 24.1. The van der Waals surface area contributed by atoms with Crippen LogP contribution in [-0.2, 0) is 20.7 Å². The third kappa shape index (κ3) is 5.43. The molecule has 168 valence electrons. The molecular formula is C23H28Cl2N2O3S. The molecule has 2 amide bonds. The number of nitrogens with zero attached hydrogens (tertiary/aromatic N) is 2. The van der Waals surface area contributed by atoms with Gasteiger partial charge in [0, 0.05) is 40.5 Å². The number of carbonyl (C=O) groups is 2. The Bertz CT molecular complexity index is 955. The summed E-state index contributed by atoms with van der Waals surface area (Å²) in [4.78, 5) is 31.2. The molecule has 2 heterocycles. The monoisotopic (exact) mass is 482 g/mol. The van der Waals surface area contributed by atoms with Crippen LogP contribution in [0, 0.1) is 5.41 Å². The lowest BCUT2D eigenvalue weighted by atomic mass is 9.92. The normalized spacial score (nSPS) is 16.2. The zero-order valence-corrected chi connectivity index (χ0v) is 20.6. The number of fused-ring (bicyclic) bond motifs is 1. The lowest BCUT2D eigenvalue weighted by molar-refractivity contribution is -0.147. The number of methoxy groups -OCH3 is 1. The lowest BCUT2D eigenvalue weighted by Crippen LogP contribution is -2.49. The number of carbonyl (C=O) groups excluding carboxylic acids is 2. The molecule has 0 bridgehead atoms. The summed E-state index contributed by atoms with van der Waals surface area (Å²) in [7, 11) is 1.59. The third-order valence-corrected chi connectivity index (χ3v) is 6.92.